The van der Waals surface area contributed by atoms with Crippen LogP contribution in [0.15, 0.2) is 0 Å². The van der Waals surface area contributed by atoms with Crippen molar-refractivity contribution in [1.29, 1.82) is 0 Å². The molecule has 1 heterocycles. The first-order valence-electron chi connectivity index (χ1n) is 16.4. The van der Waals surface area contributed by atoms with Gasteiger partial charge in [0.05, 0.1) is 25.2 Å². The molecule has 236 valence electrons. The van der Waals surface area contributed by atoms with E-state index in [0.29, 0.717) is 37.2 Å². The average Bonchev–Trinajstić information content (AvgIpc) is 3.43. The number of rotatable bonds is 7. The van der Waals surface area contributed by atoms with Gasteiger partial charge in [0.25, 0.3) is 0 Å². The van der Waals surface area contributed by atoms with Gasteiger partial charge >= 0.3 is 11.9 Å². The van der Waals surface area contributed by atoms with Gasteiger partial charge in [0.2, 0.25) is 5.78 Å². The number of nitrogens with zero attached hydrogens (tertiary/aromatic N) is 2. The molecule has 1 unspecified atom stereocenters. The quantitative estimate of drug-likeness (QED) is 0.146. The van der Waals surface area contributed by atoms with Gasteiger partial charge < -0.3 is 9.47 Å². The first kappa shape index (κ1) is 33.9. The molecule has 10 heteroatoms. The van der Waals surface area contributed by atoms with Crippen molar-refractivity contribution in [3.63, 3.8) is 0 Å². The summed E-state index contributed by atoms with van der Waals surface area (Å²) in [6.07, 6.45) is 20.0. The van der Waals surface area contributed by atoms with Crippen LogP contribution in [0.1, 0.15) is 144 Å². The average molecular weight is 589 g/mol. The van der Waals surface area contributed by atoms with Gasteiger partial charge in [0.15, 0.2) is 5.69 Å². The fourth-order valence-corrected chi connectivity index (χ4v) is 6.49. The number of hydrogen-bond acceptors (Lipinski definition) is 9. The van der Waals surface area contributed by atoms with E-state index >= 15 is 0 Å². The second-order valence-electron chi connectivity index (χ2n) is 11.8. The van der Waals surface area contributed by atoms with Crippen LogP contribution in [0.5, 0.6) is 0 Å². The first-order valence-corrected chi connectivity index (χ1v) is 16.4. The van der Waals surface area contributed by atoms with Gasteiger partial charge in [0.1, 0.15) is 5.78 Å². The van der Waals surface area contributed by atoms with Gasteiger partial charge in [-0.05, 0) is 78.1 Å². The SMILES string of the molecule is CCOC(=O)C(=O)C1CCCCC1=O.CCOC(=O)c1nn(C2CCCCC2)c2c1CCCC2.NNC1CCCCC1. The largest absolute Gasteiger partial charge is 0.461 e. The monoisotopic (exact) mass is 588 g/mol. The first-order chi connectivity index (χ1) is 20.4. The molecule has 0 aliphatic heterocycles. The minimum Gasteiger partial charge on any atom is -0.461 e. The van der Waals surface area contributed by atoms with Crippen molar-refractivity contribution in [2.24, 2.45) is 11.8 Å². The van der Waals surface area contributed by atoms with Crippen LogP contribution in [0.4, 0.5) is 0 Å². The Balaban J connectivity index is 0.000000191. The van der Waals surface area contributed by atoms with E-state index in [1.807, 2.05) is 6.92 Å². The molecule has 10 nitrogen and oxygen atoms in total. The molecule has 0 aromatic carbocycles. The van der Waals surface area contributed by atoms with E-state index in [0.717, 1.165) is 32.1 Å². The highest BCUT2D eigenvalue weighted by molar-refractivity contribution is 6.38. The van der Waals surface area contributed by atoms with Crippen LogP contribution in [0.2, 0.25) is 0 Å². The van der Waals surface area contributed by atoms with Crippen molar-refractivity contribution >= 4 is 23.5 Å². The van der Waals surface area contributed by atoms with Crippen LogP contribution in [0, 0.1) is 5.92 Å². The molecule has 1 aromatic rings. The van der Waals surface area contributed by atoms with Gasteiger partial charge in [-0.1, -0.05) is 44.9 Å². The Kier molecular flexibility index (Phi) is 14.7. The van der Waals surface area contributed by atoms with Crippen LogP contribution in [-0.2, 0) is 36.7 Å². The second kappa shape index (κ2) is 18.2. The fraction of sp³-hybridized carbons (Fsp3) is 0.781. The van der Waals surface area contributed by atoms with Crippen LogP contribution in [0.25, 0.3) is 0 Å². The number of carbonyl (C=O) groups is 4. The van der Waals surface area contributed by atoms with Gasteiger partial charge in [-0.3, -0.25) is 25.5 Å². The minimum atomic E-state index is -0.868. The Bertz CT molecular complexity index is 1030. The standard InChI is InChI=1S/C16H24N2O2.C10H14O4.C6H14N2/c1-2-20-16(19)15-13-10-6-7-11-14(13)18(17-15)12-8-4-3-5-9-12;1-2-14-10(13)9(12)7-5-3-4-6-8(7)11;7-8-6-4-2-1-3-5-6/h12H,2-11H2,1H3;7H,2-6H2,1H3;6,8H,1-5,7H2. The number of hydrogen-bond donors (Lipinski definition) is 2. The number of fused-ring (bicyclic) bond motifs is 1. The second-order valence-corrected chi connectivity index (χ2v) is 11.8. The van der Waals surface area contributed by atoms with E-state index in [-0.39, 0.29) is 18.4 Å². The molecular formula is C32H52N4O6. The van der Waals surface area contributed by atoms with E-state index in [1.54, 1.807) is 6.92 Å². The van der Waals surface area contributed by atoms with Crippen LogP contribution >= 0.6 is 0 Å². The fourth-order valence-electron chi connectivity index (χ4n) is 6.49. The maximum atomic E-state index is 12.1. The summed E-state index contributed by atoms with van der Waals surface area (Å²) in [5.41, 5.74) is 5.87. The zero-order valence-electron chi connectivity index (χ0n) is 25.8. The number of nitrogens with one attached hydrogen (secondary N) is 1. The molecular weight excluding hydrogens is 536 g/mol. The number of carbonyl (C=O) groups excluding carboxylic acids is 4. The third-order valence-corrected chi connectivity index (χ3v) is 8.79. The van der Waals surface area contributed by atoms with E-state index < -0.39 is 17.7 Å². The molecule has 3 fully saturated rings. The van der Waals surface area contributed by atoms with Crippen molar-refractivity contribution in [1.82, 2.24) is 15.2 Å². The van der Waals surface area contributed by atoms with E-state index in [9.17, 15) is 19.2 Å². The van der Waals surface area contributed by atoms with Crippen molar-refractivity contribution in [3.05, 3.63) is 17.0 Å². The van der Waals surface area contributed by atoms with Crippen molar-refractivity contribution in [2.75, 3.05) is 13.2 Å². The zero-order valence-corrected chi connectivity index (χ0v) is 25.8. The molecule has 5 rings (SSSR count). The topological polar surface area (TPSA) is 143 Å². The maximum absolute atomic E-state index is 12.1. The lowest BCUT2D eigenvalue weighted by molar-refractivity contribution is -0.157. The third-order valence-electron chi connectivity index (χ3n) is 8.79. The Morgan fingerprint density at radius 1 is 0.810 bits per heavy atom. The normalized spacial score (nSPS) is 21.1. The van der Waals surface area contributed by atoms with Gasteiger partial charge in [-0.25, -0.2) is 9.59 Å². The van der Waals surface area contributed by atoms with Crippen LogP contribution in [-0.4, -0.2) is 52.5 Å². The molecule has 3 saturated carbocycles. The number of nitrogens with two attached hydrogens (primary N) is 1. The highest BCUT2D eigenvalue weighted by atomic mass is 16.5. The molecule has 0 saturated heterocycles. The summed E-state index contributed by atoms with van der Waals surface area (Å²) in [5.74, 6) is 2.63. The number of esters is 2. The number of aromatic nitrogens is 2. The molecule has 1 aromatic heterocycles. The van der Waals surface area contributed by atoms with Crippen LogP contribution < -0.4 is 11.3 Å². The molecule has 4 aliphatic carbocycles. The summed E-state index contributed by atoms with van der Waals surface area (Å²) >= 11 is 0. The van der Waals surface area contributed by atoms with E-state index in [4.69, 9.17) is 10.6 Å². The summed E-state index contributed by atoms with van der Waals surface area (Å²) in [6.45, 7) is 4.08. The lowest BCUT2D eigenvalue weighted by Gasteiger charge is -2.25. The number of Topliss-reactive ketones (excluding diaryl/α,β-unsaturated/α-hetero) is 2. The van der Waals surface area contributed by atoms with E-state index in [1.165, 1.54) is 81.9 Å². The van der Waals surface area contributed by atoms with Gasteiger partial charge in [-0.15, -0.1) is 0 Å². The maximum Gasteiger partial charge on any atom is 0.375 e. The molecule has 0 radical (unpaired) electrons. The summed E-state index contributed by atoms with van der Waals surface area (Å²) in [7, 11) is 0. The van der Waals surface area contributed by atoms with Crippen LogP contribution in [0.3, 0.4) is 0 Å². The van der Waals surface area contributed by atoms with E-state index in [2.05, 4.69) is 19.9 Å². The highest BCUT2D eigenvalue weighted by Crippen LogP contribution is 2.33. The predicted octanol–water partition coefficient (Wildman–Crippen LogP) is 5.10. The van der Waals surface area contributed by atoms with Crippen molar-refractivity contribution < 1.29 is 28.7 Å². The molecule has 42 heavy (non-hydrogen) atoms. The number of ether oxygens (including phenoxy) is 2. The molecule has 0 spiro atoms. The predicted molar refractivity (Wildman–Crippen MR) is 160 cm³/mol. The minimum absolute atomic E-state index is 0.116. The third kappa shape index (κ3) is 9.73. The Morgan fingerprint density at radius 2 is 1.40 bits per heavy atom. The lowest BCUT2D eigenvalue weighted by Crippen LogP contribution is -2.36. The van der Waals surface area contributed by atoms with Gasteiger partial charge in [0, 0.05) is 23.7 Å². The molecule has 0 bridgehead atoms. The summed E-state index contributed by atoms with van der Waals surface area (Å²) in [5, 5.41) is 4.68. The van der Waals surface area contributed by atoms with Crippen molar-refractivity contribution in [2.45, 2.75) is 142 Å². The Morgan fingerprint density at radius 3 is 2.00 bits per heavy atom. The molecule has 3 N–H and O–H groups in total. The summed E-state index contributed by atoms with van der Waals surface area (Å²) < 4.78 is 11.9. The smallest absolute Gasteiger partial charge is 0.375 e. The zero-order chi connectivity index (χ0) is 30.3. The highest BCUT2D eigenvalue weighted by Gasteiger charge is 2.34. The number of ketones is 2. The Labute approximate surface area is 250 Å². The molecule has 4 aliphatic rings. The molecule has 1 atom stereocenters. The Hall–Kier alpha value is -2.59. The van der Waals surface area contributed by atoms with Crippen molar-refractivity contribution in [3.8, 4) is 0 Å². The summed E-state index contributed by atoms with van der Waals surface area (Å²) in [6, 6.07) is 1.11. The summed E-state index contributed by atoms with van der Waals surface area (Å²) in [4.78, 5) is 45.9. The lowest BCUT2D eigenvalue weighted by atomic mass is 9.85. The number of hydrazine groups is 1. The molecule has 0 amide bonds. The van der Waals surface area contributed by atoms with Gasteiger partial charge in [-0.2, -0.15) is 5.10 Å².